The number of aliphatic carboxylic acids is 1. The summed E-state index contributed by atoms with van der Waals surface area (Å²) in [4.78, 5) is 28.5. The van der Waals surface area contributed by atoms with Gasteiger partial charge in [-0.05, 0) is 55.0 Å². The van der Waals surface area contributed by atoms with E-state index in [-0.39, 0.29) is 6.42 Å². The van der Waals surface area contributed by atoms with E-state index < -0.39 is 17.7 Å². The molecule has 3 aromatic rings. The third-order valence-corrected chi connectivity index (χ3v) is 5.86. The van der Waals surface area contributed by atoms with Crippen molar-refractivity contribution in [2.24, 2.45) is 0 Å². The van der Waals surface area contributed by atoms with Gasteiger partial charge < -0.3 is 24.4 Å². The quantitative estimate of drug-likeness (QED) is 0.547. The van der Waals surface area contributed by atoms with Crippen LogP contribution in [-0.2, 0) is 4.79 Å². The number of anilines is 2. The molecule has 1 unspecified atom stereocenters. The summed E-state index contributed by atoms with van der Waals surface area (Å²) in [5.74, 6) is -0.467. The smallest absolute Gasteiger partial charge is 0.350 e. The monoisotopic (exact) mass is 436 g/mol. The largest absolute Gasteiger partial charge is 0.548 e. The maximum Gasteiger partial charge on any atom is 0.350 e. The Balaban J connectivity index is 1.43. The van der Waals surface area contributed by atoms with Crippen LogP contribution in [0.15, 0.2) is 59.7 Å². The summed E-state index contributed by atoms with van der Waals surface area (Å²) in [5.41, 5.74) is 2.39. The molecule has 0 saturated carbocycles. The second-order valence-corrected chi connectivity index (χ2v) is 7.66. The SMILES string of the molecule is CCC(C(=O)[O-])n1ncn(-c2ccc(N3CCN(c4ccc(OC)cc4)CC3)cc2)c1=O. The van der Waals surface area contributed by atoms with Crippen molar-refractivity contribution in [1.29, 1.82) is 0 Å². The lowest BCUT2D eigenvalue weighted by Gasteiger charge is -2.37. The van der Waals surface area contributed by atoms with Gasteiger partial charge in [0.25, 0.3) is 0 Å². The molecule has 1 atom stereocenters. The average Bonchev–Trinajstić information content (AvgIpc) is 3.20. The molecule has 2 heterocycles. The van der Waals surface area contributed by atoms with Crippen LogP contribution < -0.4 is 25.3 Å². The van der Waals surface area contributed by atoms with E-state index in [4.69, 9.17) is 4.74 Å². The molecular formula is C23H26N5O4-. The molecule has 0 aliphatic carbocycles. The molecule has 1 aromatic heterocycles. The Labute approximate surface area is 186 Å². The number of nitrogens with zero attached hydrogens (tertiary/aromatic N) is 5. The van der Waals surface area contributed by atoms with Gasteiger partial charge in [-0.3, -0.25) is 0 Å². The van der Waals surface area contributed by atoms with Gasteiger partial charge >= 0.3 is 5.69 Å². The van der Waals surface area contributed by atoms with Gasteiger partial charge in [0.05, 0.1) is 24.8 Å². The highest BCUT2D eigenvalue weighted by atomic mass is 16.5. The summed E-state index contributed by atoms with van der Waals surface area (Å²) < 4.78 is 7.53. The zero-order chi connectivity index (χ0) is 22.7. The van der Waals surface area contributed by atoms with E-state index in [1.54, 1.807) is 14.0 Å². The maximum atomic E-state index is 12.6. The molecule has 0 spiro atoms. The molecule has 9 heteroatoms. The van der Waals surface area contributed by atoms with E-state index in [2.05, 4.69) is 27.0 Å². The van der Waals surface area contributed by atoms with E-state index in [0.29, 0.717) is 5.69 Å². The number of rotatable bonds is 7. The van der Waals surface area contributed by atoms with E-state index >= 15 is 0 Å². The molecule has 0 bridgehead atoms. The van der Waals surface area contributed by atoms with Crippen molar-refractivity contribution < 1.29 is 14.6 Å². The Hall–Kier alpha value is -3.75. The summed E-state index contributed by atoms with van der Waals surface area (Å²) >= 11 is 0. The number of hydrogen-bond donors (Lipinski definition) is 0. The van der Waals surface area contributed by atoms with Crippen LogP contribution in [0.5, 0.6) is 5.75 Å². The number of benzene rings is 2. The van der Waals surface area contributed by atoms with E-state index in [1.165, 1.54) is 16.6 Å². The van der Waals surface area contributed by atoms with E-state index in [1.807, 2.05) is 36.4 Å². The van der Waals surface area contributed by atoms with Gasteiger partial charge in [0, 0.05) is 37.6 Å². The summed E-state index contributed by atoms with van der Waals surface area (Å²) in [6.07, 6.45) is 1.57. The van der Waals surface area contributed by atoms with Gasteiger partial charge in [-0.15, -0.1) is 0 Å². The Kier molecular flexibility index (Phi) is 6.16. The van der Waals surface area contributed by atoms with Crippen molar-refractivity contribution in [3.8, 4) is 11.4 Å². The minimum Gasteiger partial charge on any atom is -0.548 e. The predicted octanol–water partition coefficient (Wildman–Crippen LogP) is 1.07. The van der Waals surface area contributed by atoms with Crippen molar-refractivity contribution in [2.45, 2.75) is 19.4 Å². The van der Waals surface area contributed by atoms with Crippen molar-refractivity contribution in [1.82, 2.24) is 14.3 Å². The number of ether oxygens (including phenoxy) is 1. The Morgan fingerprint density at radius 2 is 1.47 bits per heavy atom. The highest BCUT2D eigenvalue weighted by Crippen LogP contribution is 2.23. The standard InChI is InChI=1S/C23H27N5O4/c1-3-21(22(29)30)28-23(31)27(16-24-28)19-6-4-17(5-7-19)25-12-14-26(15-13-25)18-8-10-20(32-2)11-9-18/h4-11,16,21H,3,12-15H2,1-2H3,(H,29,30)/p-1. The predicted molar refractivity (Wildman–Crippen MR) is 120 cm³/mol. The number of piperazine rings is 1. The fourth-order valence-corrected chi connectivity index (χ4v) is 3.99. The first kappa shape index (κ1) is 21.5. The number of methoxy groups -OCH3 is 1. The van der Waals surface area contributed by atoms with Gasteiger partial charge in [0.2, 0.25) is 0 Å². The van der Waals surface area contributed by atoms with Crippen LogP contribution in [-0.4, -0.2) is 53.6 Å². The van der Waals surface area contributed by atoms with Crippen LogP contribution in [0.1, 0.15) is 19.4 Å². The number of carboxylic acid groups (broad SMARTS) is 1. The Bertz CT molecular complexity index is 1110. The molecule has 9 nitrogen and oxygen atoms in total. The third kappa shape index (κ3) is 4.18. The summed E-state index contributed by atoms with van der Waals surface area (Å²) in [5, 5.41) is 15.2. The summed E-state index contributed by atoms with van der Waals surface area (Å²) in [7, 11) is 1.66. The van der Waals surface area contributed by atoms with Gasteiger partial charge in [-0.1, -0.05) is 6.92 Å². The van der Waals surface area contributed by atoms with E-state index in [9.17, 15) is 14.7 Å². The minimum absolute atomic E-state index is 0.223. The van der Waals surface area contributed by atoms with Crippen LogP contribution in [0.4, 0.5) is 11.4 Å². The summed E-state index contributed by atoms with van der Waals surface area (Å²) in [6.45, 7) is 5.25. The molecular weight excluding hydrogens is 410 g/mol. The molecule has 0 radical (unpaired) electrons. The van der Waals surface area contributed by atoms with Crippen LogP contribution in [0.3, 0.4) is 0 Å². The molecule has 1 aliphatic rings. The van der Waals surface area contributed by atoms with Crippen molar-refractivity contribution in [3.05, 3.63) is 65.3 Å². The molecule has 0 N–H and O–H groups in total. The fourth-order valence-electron chi connectivity index (χ4n) is 3.99. The number of aromatic nitrogens is 3. The second-order valence-electron chi connectivity index (χ2n) is 7.66. The van der Waals surface area contributed by atoms with Gasteiger partial charge in [0.1, 0.15) is 12.1 Å². The zero-order valence-electron chi connectivity index (χ0n) is 18.2. The molecule has 168 valence electrons. The van der Waals surface area contributed by atoms with Gasteiger partial charge in [-0.2, -0.15) is 5.10 Å². The Morgan fingerprint density at radius 1 is 0.969 bits per heavy atom. The topological polar surface area (TPSA) is 95.7 Å². The van der Waals surface area contributed by atoms with Crippen LogP contribution in [0, 0.1) is 0 Å². The molecule has 2 aromatic carbocycles. The maximum absolute atomic E-state index is 12.6. The first-order valence-electron chi connectivity index (χ1n) is 10.6. The molecule has 1 saturated heterocycles. The molecule has 0 amide bonds. The highest BCUT2D eigenvalue weighted by molar-refractivity contribution is 5.69. The fraction of sp³-hybridized carbons (Fsp3) is 0.348. The highest BCUT2D eigenvalue weighted by Gasteiger charge is 2.19. The molecule has 1 fully saturated rings. The first-order chi connectivity index (χ1) is 15.5. The lowest BCUT2D eigenvalue weighted by Crippen LogP contribution is -2.46. The van der Waals surface area contributed by atoms with E-state index in [0.717, 1.165) is 42.3 Å². The van der Waals surface area contributed by atoms with Crippen molar-refractivity contribution in [2.75, 3.05) is 43.1 Å². The van der Waals surface area contributed by atoms with Crippen LogP contribution >= 0.6 is 0 Å². The van der Waals surface area contributed by atoms with Gasteiger partial charge in [-0.25, -0.2) is 14.0 Å². The molecule has 32 heavy (non-hydrogen) atoms. The molecule has 1 aliphatic heterocycles. The number of carbonyl (C=O) groups excluding carboxylic acids is 1. The van der Waals surface area contributed by atoms with Gasteiger partial charge in [0.15, 0.2) is 0 Å². The Morgan fingerprint density at radius 3 is 1.94 bits per heavy atom. The first-order valence-corrected chi connectivity index (χ1v) is 10.6. The number of carboxylic acids is 1. The lowest BCUT2D eigenvalue weighted by molar-refractivity contribution is -0.310. The third-order valence-electron chi connectivity index (χ3n) is 5.86. The zero-order valence-corrected chi connectivity index (χ0v) is 18.2. The van der Waals surface area contributed by atoms with Crippen LogP contribution in [0.25, 0.3) is 5.69 Å². The van der Waals surface area contributed by atoms with Crippen molar-refractivity contribution in [3.63, 3.8) is 0 Å². The normalized spacial score (nSPS) is 14.9. The second kappa shape index (κ2) is 9.17. The minimum atomic E-state index is -1.32. The molecule has 4 rings (SSSR count). The average molecular weight is 436 g/mol. The van der Waals surface area contributed by atoms with Crippen molar-refractivity contribution >= 4 is 17.3 Å². The van der Waals surface area contributed by atoms with Crippen LogP contribution in [0.2, 0.25) is 0 Å². The summed E-state index contributed by atoms with van der Waals surface area (Å²) in [6, 6.07) is 14.6. The number of carbonyl (C=O) groups is 1. The number of hydrogen-bond acceptors (Lipinski definition) is 7. The lowest BCUT2D eigenvalue weighted by atomic mass is 10.2.